The molecule has 0 bridgehead atoms. The monoisotopic (exact) mass is 235 g/mol. The van der Waals surface area contributed by atoms with E-state index in [1.807, 2.05) is 6.07 Å². The van der Waals surface area contributed by atoms with Gasteiger partial charge in [0.2, 0.25) is 5.91 Å². The lowest BCUT2D eigenvalue weighted by Gasteiger charge is -2.23. The van der Waals surface area contributed by atoms with Crippen molar-refractivity contribution in [1.29, 1.82) is 0 Å². The summed E-state index contributed by atoms with van der Waals surface area (Å²) in [4.78, 5) is 11.7. The molecule has 0 aromatic heterocycles. The Morgan fingerprint density at radius 1 is 1.53 bits per heavy atom. The van der Waals surface area contributed by atoms with Crippen molar-refractivity contribution in [2.45, 2.75) is 25.3 Å². The van der Waals surface area contributed by atoms with E-state index in [1.54, 1.807) is 18.2 Å². The van der Waals surface area contributed by atoms with Crippen LogP contribution in [0, 0.1) is 0 Å². The summed E-state index contributed by atoms with van der Waals surface area (Å²) in [6.45, 7) is 1.39. The summed E-state index contributed by atoms with van der Waals surface area (Å²) in [6, 6.07) is 6.90. The second kappa shape index (κ2) is 5.68. The summed E-state index contributed by atoms with van der Waals surface area (Å²) in [5.41, 5.74) is 0.819. The van der Waals surface area contributed by atoms with Crippen LogP contribution in [0.3, 0.4) is 0 Å². The third-order valence-electron chi connectivity index (χ3n) is 2.80. The summed E-state index contributed by atoms with van der Waals surface area (Å²) < 4.78 is 5.30. The average molecular weight is 235 g/mol. The predicted molar refractivity (Wildman–Crippen MR) is 63.8 cm³/mol. The van der Waals surface area contributed by atoms with Crippen LogP contribution in [-0.2, 0) is 16.0 Å². The number of ether oxygens (including phenoxy) is 1. The summed E-state index contributed by atoms with van der Waals surface area (Å²) in [5.74, 6) is 0.169. The molecule has 0 radical (unpaired) electrons. The molecule has 1 aromatic rings. The van der Waals surface area contributed by atoms with E-state index in [4.69, 9.17) is 4.74 Å². The van der Waals surface area contributed by atoms with E-state index in [2.05, 4.69) is 5.32 Å². The van der Waals surface area contributed by atoms with Gasteiger partial charge in [-0.2, -0.15) is 0 Å². The second-order valence-electron chi connectivity index (χ2n) is 4.33. The van der Waals surface area contributed by atoms with Crippen LogP contribution in [0.25, 0.3) is 0 Å². The van der Waals surface area contributed by atoms with Crippen molar-refractivity contribution in [2.75, 3.05) is 13.2 Å². The highest BCUT2D eigenvalue weighted by Gasteiger charge is 2.16. The Bertz CT molecular complexity index is 386. The van der Waals surface area contributed by atoms with Gasteiger partial charge in [0, 0.05) is 6.61 Å². The number of amides is 1. The van der Waals surface area contributed by atoms with Crippen molar-refractivity contribution in [3.8, 4) is 5.75 Å². The molecule has 2 N–H and O–H groups in total. The van der Waals surface area contributed by atoms with Gasteiger partial charge in [0.15, 0.2) is 0 Å². The molecule has 2 rings (SSSR count). The molecule has 1 amide bonds. The van der Waals surface area contributed by atoms with Gasteiger partial charge in [0.05, 0.1) is 19.1 Å². The van der Waals surface area contributed by atoms with Gasteiger partial charge in [-0.1, -0.05) is 12.1 Å². The summed E-state index contributed by atoms with van der Waals surface area (Å²) in [5, 5.41) is 12.2. The zero-order valence-corrected chi connectivity index (χ0v) is 9.69. The van der Waals surface area contributed by atoms with E-state index in [1.165, 1.54) is 0 Å². The van der Waals surface area contributed by atoms with Gasteiger partial charge in [-0.25, -0.2) is 0 Å². The first-order valence-electron chi connectivity index (χ1n) is 5.89. The SMILES string of the molecule is O=C(Cc1cccc(O)c1)NC1CCCOC1. The fraction of sp³-hybridized carbons (Fsp3) is 0.462. The van der Waals surface area contributed by atoms with Crippen molar-refractivity contribution in [3.63, 3.8) is 0 Å². The molecule has 92 valence electrons. The number of nitrogens with one attached hydrogen (secondary N) is 1. The highest BCUT2D eigenvalue weighted by molar-refractivity contribution is 5.79. The van der Waals surface area contributed by atoms with E-state index in [0.29, 0.717) is 13.0 Å². The van der Waals surface area contributed by atoms with Gasteiger partial charge in [0.1, 0.15) is 5.75 Å². The Morgan fingerprint density at radius 3 is 3.12 bits per heavy atom. The Labute approximate surface area is 101 Å². The molecule has 0 aliphatic carbocycles. The number of carbonyl (C=O) groups is 1. The quantitative estimate of drug-likeness (QED) is 0.828. The minimum absolute atomic E-state index is 0.0221. The number of carbonyl (C=O) groups excluding carboxylic acids is 1. The highest BCUT2D eigenvalue weighted by Crippen LogP contribution is 2.12. The molecule has 4 nitrogen and oxygen atoms in total. The maximum absolute atomic E-state index is 11.7. The Morgan fingerprint density at radius 2 is 2.41 bits per heavy atom. The Balaban J connectivity index is 1.84. The first-order chi connectivity index (χ1) is 8.24. The minimum Gasteiger partial charge on any atom is -0.508 e. The molecular formula is C13H17NO3. The fourth-order valence-corrected chi connectivity index (χ4v) is 1.99. The van der Waals surface area contributed by atoms with E-state index in [0.717, 1.165) is 25.0 Å². The lowest BCUT2D eigenvalue weighted by Crippen LogP contribution is -2.41. The molecule has 0 saturated carbocycles. The molecule has 1 heterocycles. The van der Waals surface area contributed by atoms with Gasteiger partial charge in [-0.05, 0) is 30.5 Å². The van der Waals surface area contributed by atoms with Crippen LogP contribution < -0.4 is 5.32 Å². The maximum atomic E-state index is 11.7. The van der Waals surface area contributed by atoms with E-state index in [-0.39, 0.29) is 17.7 Å². The number of phenolic OH excluding ortho intramolecular Hbond substituents is 1. The van der Waals surface area contributed by atoms with Crippen molar-refractivity contribution in [3.05, 3.63) is 29.8 Å². The van der Waals surface area contributed by atoms with Crippen molar-refractivity contribution in [1.82, 2.24) is 5.32 Å². The molecule has 1 atom stereocenters. The second-order valence-corrected chi connectivity index (χ2v) is 4.33. The molecule has 1 saturated heterocycles. The van der Waals surface area contributed by atoms with Gasteiger partial charge in [0.25, 0.3) is 0 Å². The summed E-state index contributed by atoms with van der Waals surface area (Å²) in [7, 11) is 0. The van der Waals surface area contributed by atoms with Crippen LogP contribution in [0.1, 0.15) is 18.4 Å². The zero-order valence-electron chi connectivity index (χ0n) is 9.69. The molecule has 4 heteroatoms. The minimum atomic E-state index is -0.0221. The number of hydrogen-bond acceptors (Lipinski definition) is 3. The molecule has 1 unspecified atom stereocenters. The lowest BCUT2D eigenvalue weighted by atomic mass is 10.1. The van der Waals surface area contributed by atoms with E-state index < -0.39 is 0 Å². The van der Waals surface area contributed by atoms with Gasteiger partial charge < -0.3 is 15.2 Å². The molecule has 17 heavy (non-hydrogen) atoms. The van der Waals surface area contributed by atoms with Crippen LogP contribution >= 0.6 is 0 Å². The van der Waals surface area contributed by atoms with Crippen LogP contribution in [0.4, 0.5) is 0 Å². The van der Waals surface area contributed by atoms with E-state index in [9.17, 15) is 9.90 Å². The van der Waals surface area contributed by atoms with E-state index >= 15 is 0 Å². The largest absolute Gasteiger partial charge is 0.508 e. The maximum Gasteiger partial charge on any atom is 0.224 e. The average Bonchev–Trinajstić information content (AvgIpc) is 2.30. The summed E-state index contributed by atoms with van der Waals surface area (Å²) in [6.07, 6.45) is 2.27. The van der Waals surface area contributed by atoms with Crippen LogP contribution in [0.15, 0.2) is 24.3 Å². The molecule has 1 aliphatic rings. The van der Waals surface area contributed by atoms with Crippen LogP contribution in [0.5, 0.6) is 5.75 Å². The smallest absolute Gasteiger partial charge is 0.224 e. The molecule has 1 aliphatic heterocycles. The number of benzene rings is 1. The number of hydrogen-bond donors (Lipinski definition) is 2. The first-order valence-corrected chi connectivity index (χ1v) is 5.89. The van der Waals surface area contributed by atoms with Crippen LogP contribution in [-0.4, -0.2) is 30.3 Å². The van der Waals surface area contributed by atoms with Gasteiger partial charge >= 0.3 is 0 Å². The van der Waals surface area contributed by atoms with Crippen molar-refractivity contribution in [2.24, 2.45) is 0 Å². The highest BCUT2D eigenvalue weighted by atomic mass is 16.5. The fourth-order valence-electron chi connectivity index (χ4n) is 1.99. The first kappa shape index (κ1) is 11.9. The number of phenols is 1. The van der Waals surface area contributed by atoms with Crippen molar-refractivity contribution < 1.29 is 14.6 Å². The molecule has 1 aromatic carbocycles. The Kier molecular flexibility index (Phi) is 3.98. The van der Waals surface area contributed by atoms with Crippen LogP contribution in [0.2, 0.25) is 0 Å². The lowest BCUT2D eigenvalue weighted by molar-refractivity contribution is -0.122. The predicted octanol–water partition coefficient (Wildman–Crippen LogP) is 1.23. The van der Waals surface area contributed by atoms with Gasteiger partial charge in [-0.3, -0.25) is 4.79 Å². The molecule has 0 spiro atoms. The third-order valence-corrected chi connectivity index (χ3v) is 2.80. The topological polar surface area (TPSA) is 58.6 Å². The Hall–Kier alpha value is -1.55. The standard InChI is InChI=1S/C13H17NO3/c15-12-5-1-3-10(7-12)8-13(16)14-11-4-2-6-17-9-11/h1,3,5,7,11,15H,2,4,6,8-9H2,(H,14,16). The molecule has 1 fully saturated rings. The normalized spacial score (nSPS) is 19.9. The van der Waals surface area contributed by atoms with Crippen molar-refractivity contribution >= 4 is 5.91 Å². The zero-order chi connectivity index (χ0) is 12.1. The van der Waals surface area contributed by atoms with Gasteiger partial charge in [-0.15, -0.1) is 0 Å². The summed E-state index contributed by atoms with van der Waals surface area (Å²) >= 11 is 0. The molecular weight excluding hydrogens is 218 g/mol. The number of rotatable bonds is 3. The number of aromatic hydroxyl groups is 1. The third kappa shape index (κ3) is 3.75.